The molecule has 1 aliphatic rings. The number of aliphatic hydroxyl groups is 1. The normalized spacial score (nSPS) is 18.5. The maximum atomic E-state index is 12.6. The molecular weight excluding hydrogens is 274 g/mol. The Bertz CT molecular complexity index is 517. The van der Waals surface area contributed by atoms with Gasteiger partial charge in [0.15, 0.2) is 0 Å². The van der Waals surface area contributed by atoms with Crippen molar-refractivity contribution in [2.24, 2.45) is 0 Å². The average Bonchev–Trinajstić information content (AvgIpc) is 2.52. The van der Waals surface area contributed by atoms with Crippen LogP contribution in [0.4, 0.5) is 0 Å². The van der Waals surface area contributed by atoms with Crippen LogP contribution in [0.3, 0.4) is 0 Å². The zero-order valence-corrected chi connectivity index (χ0v) is 11.7. The molecule has 6 heteroatoms. The summed E-state index contributed by atoms with van der Waals surface area (Å²) in [6.07, 6.45) is 0.294. The van der Waals surface area contributed by atoms with Crippen molar-refractivity contribution in [3.8, 4) is 0 Å². The summed E-state index contributed by atoms with van der Waals surface area (Å²) in [7, 11) is 0. The predicted molar refractivity (Wildman–Crippen MR) is 75.1 cm³/mol. The first-order valence-corrected chi connectivity index (χ1v) is 6.92. The van der Waals surface area contributed by atoms with E-state index in [0.717, 1.165) is 0 Å². The lowest BCUT2D eigenvalue weighted by molar-refractivity contribution is -0.136. The number of hydrogen-bond acceptors (Lipinski definition) is 4. The summed E-state index contributed by atoms with van der Waals surface area (Å²) in [6, 6.07) is 6.66. The molecule has 6 nitrogen and oxygen atoms in total. The molecule has 1 saturated heterocycles. The molecule has 0 radical (unpaired) electrons. The zero-order chi connectivity index (χ0) is 15.2. The Kier molecular flexibility index (Phi) is 5.30. The summed E-state index contributed by atoms with van der Waals surface area (Å²) in [5, 5.41) is 18.1. The molecule has 2 N–H and O–H groups in total. The third-order valence-corrected chi connectivity index (χ3v) is 3.56. The van der Waals surface area contributed by atoms with E-state index < -0.39 is 5.97 Å². The van der Waals surface area contributed by atoms with Crippen LogP contribution in [0.2, 0.25) is 0 Å². The first-order chi connectivity index (χ1) is 10.1. The first-order valence-electron chi connectivity index (χ1n) is 6.92. The van der Waals surface area contributed by atoms with Crippen molar-refractivity contribution in [3.05, 3.63) is 35.4 Å². The van der Waals surface area contributed by atoms with Crippen molar-refractivity contribution in [1.82, 2.24) is 4.90 Å². The van der Waals surface area contributed by atoms with E-state index in [-0.39, 0.29) is 25.0 Å². The number of rotatable bonds is 5. The highest BCUT2D eigenvalue weighted by molar-refractivity contribution is 5.96. The van der Waals surface area contributed by atoms with Crippen LogP contribution in [0.1, 0.15) is 22.3 Å². The molecule has 1 aromatic carbocycles. The lowest BCUT2D eigenvalue weighted by Gasteiger charge is -2.34. The van der Waals surface area contributed by atoms with Crippen molar-refractivity contribution in [2.45, 2.75) is 18.9 Å². The highest BCUT2D eigenvalue weighted by Gasteiger charge is 2.28. The van der Waals surface area contributed by atoms with Crippen LogP contribution < -0.4 is 0 Å². The zero-order valence-electron chi connectivity index (χ0n) is 11.7. The van der Waals surface area contributed by atoms with Crippen molar-refractivity contribution in [2.75, 3.05) is 26.4 Å². The number of hydrogen-bond donors (Lipinski definition) is 2. The van der Waals surface area contributed by atoms with Gasteiger partial charge in [-0.05, 0) is 18.1 Å². The van der Waals surface area contributed by atoms with Gasteiger partial charge >= 0.3 is 5.97 Å². The number of aryl methyl sites for hydroxylation is 1. The van der Waals surface area contributed by atoms with Crippen LogP contribution in [-0.2, 0) is 16.0 Å². The molecule has 114 valence electrons. The molecule has 0 aromatic heterocycles. The van der Waals surface area contributed by atoms with E-state index in [1.165, 1.54) is 0 Å². The van der Waals surface area contributed by atoms with Crippen molar-refractivity contribution in [3.63, 3.8) is 0 Å². The number of carbonyl (C=O) groups excluding carboxylic acids is 1. The molecular formula is C15H19NO5. The summed E-state index contributed by atoms with van der Waals surface area (Å²) < 4.78 is 5.27. The van der Waals surface area contributed by atoms with Gasteiger partial charge in [0, 0.05) is 18.5 Å². The second-order valence-electron chi connectivity index (χ2n) is 4.96. The van der Waals surface area contributed by atoms with Crippen LogP contribution in [-0.4, -0.2) is 59.4 Å². The van der Waals surface area contributed by atoms with E-state index in [2.05, 4.69) is 0 Å². The quantitative estimate of drug-likeness (QED) is 0.827. The monoisotopic (exact) mass is 293 g/mol. The number of benzene rings is 1. The molecule has 0 bridgehead atoms. The van der Waals surface area contributed by atoms with E-state index in [0.29, 0.717) is 37.3 Å². The van der Waals surface area contributed by atoms with Crippen molar-refractivity contribution >= 4 is 11.9 Å². The fourth-order valence-corrected chi connectivity index (χ4v) is 2.42. The molecule has 0 spiro atoms. The Morgan fingerprint density at radius 2 is 2.10 bits per heavy atom. The van der Waals surface area contributed by atoms with Crippen molar-refractivity contribution < 1.29 is 24.5 Å². The minimum atomic E-state index is -0.892. The first kappa shape index (κ1) is 15.5. The fraction of sp³-hybridized carbons (Fsp3) is 0.467. The van der Waals surface area contributed by atoms with Crippen LogP contribution in [0.5, 0.6) is 0 Å². The Morgan fingerprint density at radius 1 is 1.33 bits per heavy atom. The van der Waals surface area contributed by atoms with Gasteiger partial charge in [-0.2, -0.15) is 0 Å². The SMILES string of the molecule is O=C(O)CCc1ccccc1C(=O)N1CCOC[C@H]1CO. The van der Waals surface area contributed by atoms with Gasteiger partial charge in [0.25, 0.3) is 5.91 Å². The van der Waals surface area contributed by atoms with E-state index in [1.54, 1.807) is 29.2 Å². The van der Waals surface area contributed by atoms with Gasteiger partial charge in [-0.3, -0.25) is 9.59 Å². The summed E-state index contributed by atoms with van der Waals surface area (Å²) in [6.45, 7) is 1.04. The standard InChI is InChI=1S/C15H19NO5/c17-9-12-10-21-8-7-16(12)15(20)13-4-2-1-3-11(13)5-6-14(18)19/h1-4,12,17H,5-10H2,(H,18,19)/t12-/m1/s1. The maximum absolute atomic E-state index is 12.6. The number of carboxylic acids is 1. The molecule has 1 fully saturated rings. The summed E-state index contributed by atoms with van der Waals surface area (Å²) in [5.74, 6) is -1.07. The van der Waals surface area contributed by atoms with Crippen LogP contribution in [0.25, 0.3) is 0 Å². The van der Waals surface area contributed by atoms with E-state index in [1.807, 2.05) is 0 Å². The summed E-state index contributed by atoms with van der Waals surface area (Å²) in [5.41, 5.74) is 1.21. The number of carbonyl (C=O) groups is 2. The third kappa shape index (κ3) is 3.80. The Balaban J connectivity index is 2.19. The highest BCUT2D eigenvalue weighted by Crippen LogP contribution is 2.17. The highest BCUT2D eigenvalue weighted by atomic mass is 16.5. The fourth-order valence-electron chi connectivity index (χ4n) is 2.42. The molecule has 1 aromatic rings. The molecule has 0 saturated carbocycles. The molecule has 1 atom stereocenters. The number of carboxylic acid groups (broad SMARTS) is 1. The number of aliphatic hydroxyl groups excluding tert-OH is 1. The smallest absolute Gasteiger partial charge is 0.303 e. The lowest BCUT2D eigenvalue weighted by atomic mass is 10.0. The molecule has 1 aliphatic heterocycles. The van der Waals surface area contributed by atoms with Crippen molar-refractivity contribution in [1.29, 1.82) is 0 Å². The number of amides is 1. The van der Waals surface area contributed by atoms with Gasteiger partial charge < -0.3 is 19.8 Å². The molecule has 0 aliphatic carbocycles. The van der Waals surface area contributed by atoms with Crippen LogP contribution in [0, 0.1) is 0 Å². The molecule has 1 heterocycles. The van der Waals surface area contributed by atoms with Crippen LogP contribution in [0.15, 0.2) is 24.3 Å². The van der Waals surface area contributed by atoms with Gasteiger partial charge in [-0.15, -0.1) is 0 Å². The topological polar surface area (TPSA) is 87.1 Å². The average molecular weight is 293 g/mol. The molecule has 1 amide bonds. The second kappa shape index (κ2) is 7.19. The predicted octanol–water partition coefficient (Wildman–Crippen LogP) is 0.537. The van der Waals surface area contributed by atoms with Gasteiger partial charge in [0.05, 0.1) is 25.9 Å². The van der Waals surface area contributed by atoms with E-state index in [9.17, 15) is 14.7 Å². The Labute approximate surface area is 122 Å². The maximum Gasteiger partial charge on any atom is 0.303 e. The van der Waals surface area contributed by atoms with E-state index in [4.69, 9.17) is 9.84 Å². The second-order valence-corrected chi connectivity index (χ2v) is 4.96. The number of ether oxygens (including phenoxy) is 1. The van der Waals surface area contributed by atoms with Gasteiger partial charge in [0.2, 0.25) is 0 Å². The third-order valence-electron chi connectivity index (χ3n) is 3.56. The minimum Gasteiger partial charge on any atom is -0.481 e. The molecule has 2 rings (SSSR count). The Hall–Kier alpha value is -1.92. The van der Waals surface area contributed by atoms with E-state index >= 15 is 0 Å². The molecule has 21 heavy (non-hydrogen) atoms. The number of aliphatic carboxylic acids is 1. The van der Waals surface area contributed by atoms with Gasteiger partial charge in [-0.1, -0.05) is 18.2 Å². The lowest BCUT2D eigenvalue weighted by Crippen LogP contribution is -2.50. The number of nitrogens with zero attached hydrogens (tertiary/aromatic N) is 1. The largest absolute Gasteiger partial charge is 0.481 e. The van der Waals surface area contributed by atoms with Gasteiger partial charge in [-0.25, -0.2) is 0 Å². The Morgan fingerprint density at radius 3 is 2.81 bits per heavy atom. The molecule has 0 unspecified atom stereocenters. The summed E-state index contributed by atoms with van der Waals surface area (Å²) >= 11 is 0. The minimum absolute atomic E-state index is 0.0170. The summed E-state index contributed by atoms with van der Waals surface area (Å²) in [4.78, 5) is 25.0. The van der Waals surface area contributed by atoms with Gasteiger partial charge in [0.1, 0.15) is 0 Å². The van der Waals surface area contributed by atoms with Crippen LogP contribution >= 0.6 is 0 Å². The number of morpholine rings is 1.